The minimum absolute atomic E-state index is 0.265. The lowest BCUT2D eigenvalue weighted by Gasteiger charge is -2.02. The van der Waals surface area contributed by atoms with Gasteiger partial charge in [-0.1, -0.05) is 24.3 Å². The number of hydrogen-bond acceptors (Lipinski definition) is 3. The van der Waals surface area contributed by atoms with E-state index in [1.807, 2.05) is 6.07 Å². The average molecular weight is 371 g/mol. The van der Waals surface area contributed by atoms with Crippen LogP contribution in [-0.4, -0.2) is 26.9 Å². The number of aromatic nitrogens is 3. The molecule has 2 N–H and O–H groups in total. The van der Waals surface area contributed by atoms with Crippen LogP contribution in [0.15, 0.2) is 47.6 Å². The van der Waals surface area contributed by atoms with Crippen LogP contribution in [0.3, 0.4) is 0 Å². The summed E-state index contributed by atoms with van der Waals surface area (Å²) in [5, 5.41) is 13.7. The second-order valence-corrected chi connectivity index (χ2v) is 7.12. The number of H-pyrrole nitrogens is 1. The summed E-state index contributed by atoms with van der Waals surface area (Å²) in [6.45, 7) is 3.07. The van der Waals surface area contributed by atoms with E-state index in [1.165, 1.54) is 21.8 Å². The van der Waals surface area contributed by atoms with Crippen LogP contribution < -0.4 is 5.43 Å². The van der Waals surface area contributed by atoms with Crippen molar-refractivity contribution in [1.82, 2.24) is 20.2 Å². The molecule has 28 heavy (non-hydrogen) atoms. The molecule has 0 spiro atoms. The number of nitrogens with one attached hydrogen (secondary N) is 2. The molecular formula is C22H21N5O. The minimum atomic E-state index is -0.265. The van der Waals surface area contributed by atoms with Gasteiger partial charge >= 0.3 is 0 Å². The molecule has 1 amide bonds. The van der Waals surface area contributed by atoms with E-state index >= 15 is 0 Å². The summed E-state index contributed by atoms with van der Waals surface area (Å²) in [6.07, 6.45) is 4.61. The van der Waals surface area contributed by atoms with E-state index < -0.39 is 0 Å². The summed E-state index contributed by atoms with van der Waals surface area (Å²) in [4.78, 5) is 12.4. The molecule has 0 radical (unpaired) electrons. The lowest BCUT2D eigenvalue weighted by atomic mass is 10.1. The molecule has 4 aromatic rings. The Morgan fingerprint density at radius 1 is 1.21 bits per heavy atom. The van der Waals surface area contributed by atoms with Crippen molar-refractivity contribution in [3.8, 4) is 0 Å². The zero-order valence-electron chi connectivity index (χ0n) is 15.7. The van der Waals surface area contributed by atoms with E-state index in [4.69, 9.17) is 0 Å². The number of hydrazone groups is 1. The van der Waals surface area contributed by atoms with Crippen molar-refractivity contribution in [2.75, 3.05) is 0 Å². The van der Waals surface area contributed by atoms with Gasteiger partial charge in [-0.25, -0.2) is 5.43 Å². The van der Waals surface area contributed by atoms with Gasteiger partial charge < -0.3 is 4.57 Å². The van der Waals surface area contributed by atoms with Gasteiger partial charge in [-0.3, -0.25) is 9.89 Å². The molecule has 6 nitrogen and oxygen atoms in total. The molecule has 0 saturated heterocycles. The Morgan fingerprint density at radius 2 is 2.07 bits per heavy atom. The summed E-state index contributed by atoms with van der Waals surface area (Å²) in [7, 11) is 0. The van der Waals surface area contributed by atoms with Crippen molar-refractivity contribution in [2.24, 2.45) is 5.10 Å². The topological polar surface area (TPSA) is 75.1 Å². The van der Waals surface area contributed by atoms with Crippen LogP contribution in [-0.2, 0) is 19.4 Å². The quantitative estimate of drug-likeness (QED) is 0.423. The predicted molar refractivity (Wildman–Crippen MR) is 111 cm³/mol. The van der Waals surface area contributed by atoms with Gasteiger partial charge in [-0.15, -0.1) is 0 Å². The van der Waals surface area contributed by atoms with Crippen LogP contribution in [0.1, 0.15) is 40.7 Å². The molecule has 0 bridgehead atoms. The molecule has 6 heteroatoms. The zero-order chi connectivity index (χ0) is 19.1. The maximum atomic E-state index is 12.4. The predicted octanol–water partition coefficient (Wildman–Crippen LogP) is 3.79. The first-order valence-electron chi connectivity index (χ1n) is 9.66. The van der Waals surface area contributed by atoms with E-state index in [2.05, 4.69) is 68.6 Å². The number of aryl methyl sites for hydroxylation is 2. The van der Waals surface area contributed by atoms with Gasteiger partial charge in [0.2, 0.25) is 0 Å². The van der Waals surface area contributed by atoms with Crippen molar-refractivity contribution in [1.29, 1.82) is 0 Å². The van der Waals surface area contributed by atoms with Crippen molar-refractivity contribution < 1.29 is 4.79 Å². The van der Waals surface area contributed by atoms with Crippen molar-refractivity contribution in [3.63, 3.8) is 0 Å². The average Bonchev–Trinajstić information content (AvgIpc) is 3.40. The van der Waals surface area contributed by atoms with Gasteiger partial charge in [0.25, 0.3) is 5.91 Å². The lowest BCUT2D eigenvalue weighted by Crippen LogP contribution is -2.19. The van der Waals surface area contributed by atoms with Gasteiger partial charge in [0.15, 0.2) is 5.69 Å². The van der Waals surface area contributed by atoms with E-state index in [1.54, 1.807) is 6.21 Å². The molecular weight excluding hydrogens is 350 g/mol. The normalized spacial score (nSPS) is 13.6. The fourth-order valence-electron chi connectivity index (χ4n) is 4.22. The van der Waals surface area contributed by atoms with Crippen LogP contribution in [0, 0.1) is 0 Å². The van der Waals surface area contributed by atoms with Gasteiger partial charge in [0.05, 0.1) is 6.21 Å². The Hall–Kier alpha value is -3.41. The first-order chi connectivity index (χ1) is 13.8. The Morgan fingerprint density at radius 3 is 2.96 bits per heavy atom. The summed E-state index contributed by atoms with van der Waals surface area (Å²) < 4.78 is 2.31. The standard InChI is InChI=1S/C22H21N5O/c1-2-27-19-9-4-3-6-15(19)17-12-14(10-11-20(17)27)13-23-26-22(28)21-16-7-5-8-18(16)24-25-21/h3-4,6,9-13H,2,5,7-8H2,1H3,(H,24,25)(H,26,28). The molecule has 140 valence electrons. The number of nitrogens with zero attached hydrogens (tertiary/aromatic N) is 3. The van der Waals surface area contributed by atoms with E-state index in [0.717, 1.165) is 42.6 Å². The van der Waals surface area contributed by atoms with E-state index in [-0.39, 0.29) is 5.91 Å². The number of amides is 1. The third-order valence-electron chi connectivity index (χ3n) is 5.51. The molecule has 2 aromatic carbocycles. The van der Waals surface area contributed by atoms with Gasteiger partial charge in [0.1, 0.15) is 0 Å². The molecule has 0 fully saturated rings. The smallest absolute Gasteiger partial charge is 0.292 e. The molecule has 0 saturated carbocycles. The molecule has 0 atom stereocenters. The Bertz CT molecular complexity index is 1230. The van der Waals surface area contributed by atoms with Gasteiger partial charge in [-0.05, 0) is 49.9 Å². The van der Waals surface area contributed by atoms with Crippen LogP contribution in [0.4, 0.5) is 0 Å². The summed E-state index contributed by atoms with van der Waals surface area (Å²) in [6, 6.07) is 14.7. The highest BCUT2D eigenvalue weighted by atomic mass is 16.2. The maximum absolute atomic E-state index is 12.4. The molecule has 0 aliphatic heterocycles. The summed E-state index contributed by atoms with van der Waals surface area (Å²) >= 11 is 0. The highest BCUT2D eigenvalue weighted by Gasteiger charge is 2.22. The zero-order valence-corrected chi connectivity index (χ0v) is 15.7. The molecule has 5 rings (SSSR count). The lowest BCUT2D eigenvalue weighted by molar-refractivity contribution is 0.0949. The number of hydrogen-bond donors (Lipinski definition) is 2. The molecule has 1 aliphatic rings. The maximum Gasteiger partial charge on any atom is 0.292 e. The minimum Gasteiger partial charge on any atom is -0.341 e. The molecule has 2 heterocycles. The van der Waals surface area contributed by atoms with Crippen LogP contribution in [0.2, 0.25) is 0 Å². The van der Waals surface area contributed by atoms with Crippen LogP contribution >= 0.6 is 0 Å². The Labute approximate surface area is 162 Å². The van der Waals surface area contributed by atoms with Crippen LogP contribution in [0.5, 0.6) is 0 Å². The highest BCUT2D eigenvalue weighted by molar-refractivity contribution is 6.09. The van der Waals surface area contributed by atoms with Crippen LogP contribution in [0.25, 0.3) is 21.8 Å². The highest BCUT2D eigenvalue weighted by Crippen LogP contribution is 2.29. The number of rotatable bonds is 4. The summed E-state index contributed by atoms with van der Waals surface area (Å²) in [5.41, 5.74) is 8.56. The molecule has 0 unspecified atom stereocenters. The number of para-hydroxylation sites is 1. The van der Waals surface area contributed by atoms with Crippen molar-refractivity contribution >= 4 is 33.9 Å². The van der Waals surface area contributed by atoms with E-state index in [9.17, 15) is 4.79 Å². The van der Waals surface area contributed by atoms with Gasteiger partial charge in [0, 0.05) is 39.6 Å². The number of fused-ring (bicyclic) bond motifs is 4. The third kappa shape index (κ3) is 2.60. The van der Waals surface area contributed by atoms with E-state index in [0.29, 0.717) is 5.69 Å². The number of carbonyl (C=O) groups excluding carboxylic acids is 1. The number of benzene rings is 2. The SMILES string of the molecule is CCn1c2ccccc2c2cc(C=NNC(=O)c3n[nH]c4c3CCC4)ccc21. The fraction of sp³-hybridized carbons (Fsp3) is 0.227. The first kappa shape index (κ1) is 16.7. The molecule has 1 aliphatic carbocycles. The second kappa shape index (κ2) is 6.64. The number of carbonyl (C=O) groups is 1. The van der Waals surface area contributed by atoms with Gasteiger partial charge in [-0.2, -0.15) is 10.2 Å². The third-order valence-corrected chi connectivity index (χ3v) is 5.51. The van der Waals surface area contributed by atoms with Crippen molar-refractivity contribution in [3.05, 3.63) is 65.0 Å². The monoisotopic (exact) mass is 371 g/mol. The largest absolute Gasteiger partial charge is 0.341 e. The second-order valence-electron chi connectivity index (χ2n) is 7.12. The summed E-state index contributed by atoms with van der Waals surface area (Å²) in [5.74, 6) is -0.265. The Balaban J connectivity index is 1.42. The van der Waals surface area contributed by atoms with Crippen molar-refractivity contribution in [2.45, 2.75) is 32.7 Å². The number of aromatic amines is 1. The Kier molecular flexibility index (Phi) is 3.97. The first-order valence-corrected chi connectivity index (χ1v) is 9.66. The fourth-order valence-corrected chi connectivity index (χ4v) is 4.22. The molecule has 2 aromatic heterocycles.